The van der Waals surface area contributed by atoms with Crippen molar-refractivity contribution >= 4 is 15.7 Å². The minimum Gasteiger partial charge on any atom is -0.280 e. The number of anilines is 1. The molecule has 0 unspecified atom stereocenters. The van der Waals surface area contributed by atoms with Crippen molar-refractivity contribution in [2.45, 2.75) is 4.90 Å². The van der Waals surface area contributed by atoms with Gasteiger partial charge >= 0.3 is 0 Å². The van der Waals surface area contributed by atoms with Crippen LogP contribution in [0.15, 0.2) is 78.1 Å². The van der Waals surface area contributed by atoms with Crippen LogP contribution >= 0.6 is 0 Å². The van der Waals surface area contributed by atoms with Gasteiger partial charge in [-0.25, -0.2) is 8.42 Å². The lowest BCUT2D eigenvalue weighted by Crippen LogP contribution is -2.13. The van der Waals surface area contributed by atoms with Gasteiger partial charge in [0.05, 0.1) is 5.69 Å². The highest BCUT2D eigenvalue weighted by Gasteiger charge is 2.14. The van der Waals surface area contributed by atoms with E-state index < -0.39 is 10.0 Å². The van der Waals surface area contributed by atoms with Crippen LogP contribution in [0.2, 0.25) is 0 Å². The van der Waals surface area contributed by atoms with E-state index in [0.29, 0.717) is 11.4 Å². The summed E-state index contributed by atoms with van der Waals surface area (Å²) in [5.74, 6) is 0. The summed E-state index contributed by atoms with van der Waals surface area (Å²) in [5.41, 5.74) is 2.09. The van der Waals surface area contributed by atoms with E-state index in [9.17, 15) is 8.42 Å². The molecule has 0 aliphatic heterocycles. The summed E-state index contributed by atoms with van der Waals surface area (Å²) in [6, 6.07) is 15.6. The number of aromatic nitrogens is 2. The topological polar surface area (TPSA) is 72.0 Å². The summed E-state index contributed by atoms with van der Waals surface area (Å²) in [6.07, 6.45) is 4.68. The van der Waals surface area contributed by atoms with E-state index >= 15 is 0 Å². The summed E-state index contributed by atoms with van der Waals surface area (Å²) in [4.78, 5) is 8.27. The fourth-order valence-electron chi connectivity index (χ4n) is 1.95. The number of hydrogen-bond acceptors (Lipinski definition) is 4. The molecule has 0 aliphatic rings. The van der Waals surface area contributed by atoms with Gasteiger partial charge < -0.3 is 0 Å². The second kappa shape index (κ2) is 5.95. The van der Waals surface area contributed by atoms with Crippen molar-refractivity contribution in [2.24, 2.45) is 0 Å². The molecular formula is C16H13N3O2S. The van der Waals surface area contributed by atoms with Gasteiger partial charge in [0.1, 0.15) is 4.90 Å². The third-order valence-corrected chi connectivity index (χ3v) is 4.42. The fraction of sp³-hybridized carbons (Fsp3) is 0. The molecule has 0 saturated heterocycles. The molecule has 2 heterocycles. The third-order valence-electron chi connectivity index (χ3n) is 3.05. The van der Waals surface area contributed by atoms with Crippen molar-refractivity contribution in [3.8, 4) is 11.3 Å². The van der Waals surface area contributed by atoms with Crippen molar-refractivity contribution in [3.05, 3.63) is 73.2 Å². The van der Waals surface area contributed by atoms with Crippen molar-refractivity contribution in [1.82, 2.24) is 9.97 Å². The number of hydrogen-bond donors (Lipinski definition) is 1. The Morgan fingerprint density at radius 2 is 1.59 bits per heavy atom. The van der Waals surface area contributed by atoms with E-state index in [1.807, 2.05) is 18.2 Å². The smallest absolute Gasteiger partial charge is 0.263 e. The number of nitrogens with one attached hydrogen (secondary N) is 1. The summed E-state index contributed by atoms with van der Waals surface area (Å²) in [6.45, 7) is 0. The van der Waals surface area contributed by atoms with Gasteiger partial charge in [-0.05, 0) is 36.4 Å². The number of sulfonamides is 1. The highest BCUT2D eigenvalue weighted by Crippen LogP contribution is 2.19. The molecule has 0 fully saturated rings. The molecule has 22 heavy (non-hydrogen) atoms. The summed E-state index contributed by atoms with van der Waals surface area (Å²) in [7, 11) is -3.64. The highest BCUT2D eigenvalue weighted by molar-refractivity contribution is 7.92. The Balaban J connectivity index is 1.86. The van der Waals surface area contributed by atoms with Crippen molar-refractivity contribution in [2.75, 3.05) is 4.72 Å². The molecule has 3 aromatic rings. The average molecular weight is 311 g/mol. The zero-order chi connectivity index (χ0) is 15.4. The standard InChI is InChI=1S/C16H13N3O2S/c20-22(21,19-14-4-2-1-3-5-14)15-6-7-16(18-12-15)13-8-10-17-11-9-13/h1-12,19H. The first-order valence-corrected chi connectivity index (χ1v) is 8.08. The molecular weight excluding hydrogens is 298 g/mol. The van der Waals surface area contributed by atoms with Crippen LogP contribution in [0.1, 0.15) is 0 Å². The Kier molecular flexibility index (Phi) is 3.84. The Bertz CT molecular complexity index is 849. The van der Waals surface area contributed by atoms with Gasteiger partial charge in [0.2, 0.25) is 0 Å². The lowest BCUT2D eigenvalue weighted by Gasteiger charge is -2.08. The predicted molar refractivity (Wildman–Crippen MR) is 84.7 cm³/mol. The predicted octanol–water partition coefficient (Wildman–Crippen LogP) is 2.94. The molecule has 0 saturated carbocycles. The van der Waals surface area contributed by atoms with Crippen LogP contribution in [0.5, 0.6) is 0 Å². The normalized spacial score (nSPS) is 11.1. The molecule has 0 atom stereocenters. The van der Waals surface area contributed by atoms with E-state index in [4.69, 9.17) is 0 Å². The molecule has 0 spiro atoms. The monoisotopic (exact) mass is 311 g/mol. The molecule has 1 N–H and O–H groups in total. The van der Waals surface area contributed by atoms with Crippen LogP contribution in [0.4, 0.5) is 5.69 Å². The summed E-state index contributed by atoms with van der Waals surface area (Å²) < 4.78 is 27.1. The van der Waals surface area contributed by atoms with Gasteiger partial charge in [0.15, 0.2) is 0 Å². The maximum atomic E-state index is 12.3. The Labute approximate surface area is 128 Å². The lowest BCUT2D eigenvalue weighted by atomic mass is 10.2. The van der Waals surface area contributed by atoms with Crippen LogP contribution in [-0.2, 0) is 10.0 Å². The average Bonchev–Trinajstić information content (AvgIpc) is 2.56. The first kappa shape index (κ1) is 14.2. The number of para-hydroxylation sites is 1. The summed E-state index contributed by atoms with van der Waals surface area (Å²) in [5, 5.41) is 0. The second-order valence-electron chi connectivity index (χ2n) is 4.59. The zero-order valence-corrected chi connectivity index (χ0v) is 12.4. The molecule has 0 radical (unpaired) electrons. The van der Waals surface area contributed by atoms with E-state index in [-0.39, 0.29) is 4.90 Å². The van der Waals surface area contributed by atoms with Crippen LogP contribution in [-0.4, -0.2) is 18.4 Å². The fourth-order valence-corrected chi connectivity index (χ4v) is 2.96. The number of benzene rings is 1. The largest absolute Gasteiger partial charge is 0.280 e. The molecule has 110 valence electrons. The molecule has 0 bridgehead atoms. The van der Waals surface area contributed by atoms with Gasteiger partial charge in [0.25, 0.3) is 10.0 Å². The molecule has 0 amide bonds. The minimum absolute atomic E-state index is 0.120. The maximum absolute atomic E-state index is 12.3. The quantitative estimate of drug-likeness (QED) is 0.804. The first-order chi connectivity index (χ1) is 10.6. The Hall–Kier alpha value is -2.73. The van der Waals surface area contributed by atoms with Crippen LogP contribution in [0.3, 0.4) is 0 Å². The SMILES string of the molecule is O=S(=O)(Nc1ccccc1)c1ccc(-c2ccncc2)nc1. The van der Waals surface area contributed by atoms with E-state index in [1.54, 1.807) is 42.7 Å². The first-order valence-electron chi connectivity index (χ1n) is 6.59. The van der Waals surface area contributed by atoms with Gasteiger partial charge in [-0.2, -0.15) is 0 Å². The maximum Gasteiger partial charge on any atom is 0.263 e. The van der Waals surface area contributed by atoms with Gasteiger partial charge in [-0.3, -0.25) is 14.7 Å². The van der Waals surface area contributed by atoms with Crippen molar-refractivity contribution in [1.29, 1.82) is 0 Å². The number of rotatable bonds is 4. The summed E-state index contributed by atoms with van der Waals surface area (Å²) >= 11 is 0. The third kappa shape index (κ3) is 3.12. The van der Waals surface area contributed by atoms with E-state index in [0.717, 1.165) is 5.56 Å². The van der Waals surface area contributed by atoms with Crippen LogP contribution in [0.25, 0.3) is 11.3 Å². The minimum atomic E-state index is -3.64. The molecule has 2 aromatic heterocycles. The van der Waals surface area contributed by atoms with Gasteiger partial charge in [-0.1, -0.05) is 18.2 Å². The zero-order valence-electron chi connectivity index (χ0n) is 11.5. The lowest BCUT2D eigenvalue weighted by molar-refractivity contribution is 0.601. The van der Waals surface area contributed by atoms with Crippen LogP contribution < -0.4 is 4.72 Å². The van der Waals surface area contributed by atoms with Gasteiger partial charge in [0, 0.05) is 29.8 Å². The number of nitrogens with zero attached hydrogens (tertiary/aromatic N) is 2. The Morgan fingerprint density at radius 1 is 0.864 bits per heavy atom. The number of pyridine rings is 2. The molecule has 3 rings (SSSR count). The van der Waals surface area contributed by atoms with E-state index in [1.165, 1.54) is 12.3 Å². The van der Waals surface area contributed by atoms with Gasteiger partial charge in [-0.15, -0.1) is 0 Å². The van der Waals surface area contributed by atoms with Crippen molar-refractivity contribution < 1.29 is 8.42 Å². The van der Waals surface area contributed by atoms with E-state index in [2.05, 4.69) is 14.7 Å². The molecule has 6 heteroatoms. The highest BCUT2D eigenvalue weighted by atomic mass is 32.2. The second-order valence-corrected chi connectivity index (χ2v) is 6.27. The van der Waals surface area contributed by atoms with Crippen LogP contribution in [0, 0.1) is 0 Å². The molecule has 1 aromatic carbocycles. The van der Waals surface area contributed by atoms with Crippen molar-refractivity contribution in [3.63, 3.8) is 0 Å². The molecule has 5 nitrogen and oxygen atoms in total. The molecule has 0 aliphatic carbocycles. The Morgan fingerprint density at radius 3 is 2.23 bits per heavy atom.